The Morgan fingerprint density at radius 2 is 2.00 bits per heavy atom. The van der Waals surface area contributed by atoms with Crippen molar-refractivity contribution in [1.29, 1.82) is 0 Å². The fourth-order valence-corrected chi connectivity index (χ4v) is 1.14. The number of rotatable bonds is 2. The highest BCUT2D eigenvalue weighted by atomic mass is 14.2. The molecule has 0 spiro atoms. The Morgan fingerprint density at radius 3 is 2.30 bits per heavy atom. The Hall–Kier alpha value is -0.700. The molecule has 0 heteroatoms. The second-order valence-corrected chi connectivity index (χ2v) is 3.39. The van der Waals surface area contributed by atoms with Crippen LogP contribution in [0.25, 0.3) is 0 Å². The maximum atomic E-state index is 3.85. The van der Waals surface area contributed by atoms with Gasteiger partial charge in [0.15, 0.2) is 0 Å². The Kier molecular flexibility index (Phi) is 3.22. The molecular formula is C10H16. The van der Waals surface area contributed by atoms with Gasteiger partial charge in [-0.2, -0.15) is 0 Å². The van der Waals surface area contributed by atoms with Gasteiger partial charge >= 0.3 is 0 Å². The van der Waals surface area contributed by atoms with Crippen LogP contribution >= 0.6 is 0 Å². The van der Waals surface area contributed by atoms with Gasteiger partial charge in [-0.25, -0.2) is 0 Å². The van der Waals surface area contributed by atoms with Crippen molar-refractivity contribution in [1.82, 2.24) is 0 Å². The van der Waals surface area contributed by atoms with Crippen molar-refractivity contribution in [2.24, 2.45) is 5.41 Å². The first-order valence-electron chi connectivity index (χ1n) is 3.56. The van der Waals surface area contributed by atoms with E-state index >= 15 is 0 Å². The first kappa shape index (κ1) is 9.30. The van der Waals surface area contributed by atoms with Crippen LogP contribution in [0.3, 0.4) is 0 Å². The van der Waals surface area contributed by atoms with E-state index in [9.17, 15) is 0 Å². The van der Waals surface area contributed by atoms with Gasteiger partial charge in [0.25, 0.3) is 0 Å². The fraction of sp³-hybridized carbons (Fsp3) is 0.600. The summed E-state index contributed by atoms with van der Waals surface area (Å²) in [7, 11) is 0. The molecule has 56 valence electrons. The lowest BCUT2D eigenvalue weighted by Crippen LogP contribution is -2.07. The zero-order valence-corrected chi connectivity index (χ0v) is 7.41. The standard InChI is InChI=1S/C10H16/c1-6-7-10(4,5)8-9(2)3/h2,8H2,1,3-5H3. The van der Waals surface area contributed by atoms with Crippen LogP contribution in [0.4, 0.5) is 0 Å². The highest BCUT2D eigenvalue weighted by Crippen LogP contribution is 2.22. The molecule has 0 amide bonds. The van der Waals surface area contributed by atoms with Gasteiger partial charge in [0.1, 0.15) is 0 Å². The fourth-order valence-electron chi connectivity index (χ4n) is 1.14. The van der Waals surface area contributed by atoms with Gasteiger partial charge < -0.3 is 0 Å². The molecule has 0 aromatic rings. The van der Waals surface area contributed by atoms with Crippen molar-refractivity contribution in [3.8, 4) is 11.8 Å². The summed E-state index contributed by atoms with van der Waals surface area (Å²) in [4.78, 5) is 0. The predicted molar refractivity (Wildman–Crippen MR) is 46.7 cm³/mol. The quantitative estimate of drug-likeness (QED) is 0.404. The normalized spacial score (nSPS) is 10.0. The second kappa shape index (κ2) is 3.46. The van der Waals surface area contributed by atoms with E-state index in [4.69, 9.17) is 0 Å². The van der Waals surface area contributed by atoms with E-state index in [1.807, 2.05) is 13.8 Å². The molecular weight excluding hydrogens is 120 g/mol. The lowest BCUT2D eigenvalue weighted by Gasteiger charge is -2.16. The van der Waals surface area contributed by atoms with E-state index in [-0.39, 0.29) is 5.41 Å². The minimum Gasteiger partial charge on any atom is -0.106 e. The maximum Gasteiger partial charge on any atom is 0.0295 e. The molecule has 0 atom stereocenters. The molecule has 0 saturated carbocycles. The molecule has 10 heavy (non-hydrogen) atoms. The Balaban J connectivity index is 4.08. The van der Waals surface area contributed by atoms with Crippen LogP contribution in [-0.4, -0.2) is 0 Å². The van der Waals surface area contributed by atoms with Crippen LogP contribution < -0.4 is 0 Å². The lowest BCUT2D eigenvalue weighted by molar-refractivity contribution is 0.499. The first-order valence-corrected chi connectivity index (χ1v) is 3.56. The van der Waals surface area contributed by atoms with E-state index < -0.39 is 0 Å². The average molecular weight is 136 g/mol. The van der Waals surface area contributed by atoms with E-state index in [2.05, 4.69) is 32.3 Å². The molecule has 0 rings (SSSR count). The van der Waals surface area contributed by atoms with Gasteiger partial charge in [0.05, 0.1) is 0 Å². The molecule has 0 aliphatic carbocycles. The van der Waals surface area contributed by atoms with Gasteiger partial charge in [-0.15, -0.1) is 12.5 Å². The molecule has 0 unspecified atom stereocenters. The van der Waals surface area contributed by atoms with Crippen LogP contribution in [-0.2, 0) is 0 Å². The molecule has 0 aliphatic rings. The molecule has 0 saturated heterocycles. The zero-order chi connectivity index (χ0) is 8.20. The van der Waals surface area contributed by atoms with E-state index in [0.29, 0.717) is 0 Å². The molecule has 0 nitrogen and oxygen atoms in total. The predicted octanol–water partition coefficient (Wildman–Crippen LogP) is 3.00. The van der Waals surface area contributed by atoms with Crippen molar-refractivity contribution >= 4 is 0 Å². The van der Waals surface area contributed by atoms with Crippen molar-refractivity contribution in [3.63, 3.8) is 0 Å². The molecule has 0 aromatic heterocycles. The summed E-state index contributed by atoms with van der Waals surface area (Å²) >= 11 is 0. The SMILES string of the molecule is C=C(C)CC(C)(C)C#CC. The van der Waals surface area contributed by atoms with E-state index in [1.54, 1.807) is 0 Å². The third-order valence-electron chi connectivity index (χ3n) is 1.21. The smallest absolute Gasteiger partial charge is 0.0295 e. The van der Waals surface area contributed by atoms with Crippen LogP contribution in [0.2, 0.25) is 0 Å². The zero-order valence-electron chi connectivity index (χ0n) is 7.41. The third-order valence-corrected chi connectivity index (χ3v) is 1.21. The van der Waals surface area contributed by atoms with Gasteiger partial charge in [0, 0.05) is 5.41 Å². The number of hydrogen-bond acceptors (Lipinski definition) is 0. The summed E-state index contributed by atoms with van der Waals surface area (Å²) in [5.74, 6) is 6.06. The third kappa shape index (κ3) is 4.21. The molecule has 0 radical (unpaired) electrons. The highest BCUT2D eigenvalue weighted by Gasteiger charge is 2.13. The van der Waals surface area contributed by atoms with Gasteiger partial charge in [-0.1, -0.05) is 11.5 Å². The summed E-state index contributed by atoms with van der Waals surface area (Å²) in [6, 6.07) is 0. The molecule has 0 N–H and O–H groups in total. The molecule has 0 heterocycles. The Morgan fingerprint density at radius 1 is 1.50 bits per heavy atom. The average Bonchev–Trinajstić information content (AvgIpc) is 1.59. The van der Waals surface area contributed by atoms with E-state index in [0.717, 1.165) is 6.42 Å². The van der Waals surface area contributed by atoms with Crippen LogP contribution in [0.15, 0.2) is 12.2 Å². The Bertz CT molecular complexity index is 174. The molecule has 0 aromatic carbocycles. The van der Waals surface area contributed by atoms with Crippen LogP contribution in [0.5, 0.6) is 0 Å². The topological polar surface area (TPSA) is 0 Å². The molecule has 0 fully saturated rings. The molecule has 0 bridgehead atoms. The second-order valence-electron chi connectivity index (χ2n) is 3.39. The largest absolute Gasteiger partial charge is 0.106 e. The summed E-state index contributed by atoms with van der Waals surface area (Å²) < 4.78 is 0. The summed E-state index contributed by atoms with van der Waals surface area (Å²) in [5.41, 5.74) is 1.31. The van der Waals surface area contributed by atoms with Gasteiger partial charge in [-0.3, -0.25) is 0 Å². The van der Waals surface area contributed by atoms with Crippen LogP contribution in [0.1, 0.15) is 34.1 Å². The van der Waals surface area contributed by atoms with Gasteiger partial charge in [0.2, 0.25) is 0 Å². The minimum absolute atomic E-state index is 0.112. The van der Waals surface area contributed by atoms with Crippen molar-refractivity contribution in [2.75, 3.05) is 0 Å². The van der Waals surface area contributed by atoms with Crippen molar-refractivity contribution in [2.45, 2.75) is 34.1 Å². The highest BCUT2D eigenvalue weighted by molar-refractivity contribution is 5.11. The Labute approximate surface area is 64.3 Å². The van der Waals surface area contributed by atoms with Crippen LogP contribution in [0, 0.1) is 17.3 Å². The number of allylic oxidation sites excluding steroid dienone is 1. The van der Waals surface area contributed by atoms with E-state index in [1.165, 1.54) is 5.57 Å². The molecule has 0 aliphatic heterocycles. The summed E-state index contributed by atoms with van der Waals surface area (Å²) in [6.45, 7) is 12.0. The summed E-state index contributed by atoms with van der Waals surface area (Å²) in [6.07, 6.45) is 0.994. The number of hydrogen-bond donors (Lipinski definition) is 0. The first-order chi connectivity index (χ1) is 4.48. The monoisotopic (exact) mass is 136 g/mol. The summed E-state index contributed by atoms with van der Waals surface area (Å²) in [5, 5.41) is 0. The van der Waals surface area contributed by atoms with Crippen molar-refractivity contribution in [3.05, 3.63) is 12.2 Å². The minimum atomic E-state index is 0.112. The lowest BCUT2D eigenvalue weighted by atomic mass is 9.87. The van der Waals surface area contributed by atoms with Gasteiger partial charge in [-0.05, 0) is 34.1 Å². The maximum absolute atomic E-state index is 3.85. The van der Waals surface area contributed by atoms with Crippen molar-refractivity contribution < 1.29 is 0 Å².